The summed E-state index contributed by atoms with van der Waals surface area (Å²) in [6, 6.07) is 5.86. The van der Waals surface area contributed by atoms with Gasteiger partial charge in [-0.3, -0.25) is 9.59 Å². The number of aromatic nitrogens is 2. The standard InChI is InChI=1S/C18H20F3N3O2/c1-24-17(26)12-7-3-2-6-11(12)15(23-24)10-16(25)22-14-9-5-4-8-13(14)18(19,20)21/h2-3,6-7,13-14H,4-5,8-10H2,1H3,(H,22,25). The van der Waals surface area contributed by atoms with Crippen LogP contribution in [0.5, 0.6) is 0 Å². The van der Waals surface area contributed by atoms with E-state index in [2.05, 4.69) is 10.4 Å². The molecule has 2 unspecified atom stereocenters. The topological polar surface area (TPSA) is 64.0 Å². The van der Waals surface area contributed by atoms with Crippen LogP contribution >= 0.6 is 0 Å². The first kappa shape index (κ1) is 18.4. The van der Waals surface area contributed by atoms with Gasteiger partial charge in [0.1, 0.15) is 0 Å². The lowest BCUT2D eigenvalue weighted by Crippen LogP contribution is -2.48. The molecule has 0 bridgehead atoms. The highest BCUT2D eigenvalue weighted by atomic mass is 19.4. The molecule has 1 amide bonds. The maximum atomic E-state index is 13.2. The fraction of sp³-hybridized carbons (Fsp3) is 0.500. The maximum absolute atomic E-state index is 13.2. The summed E-state index contributed by atoms with van der Waals surface area (Å²) in [6.45, 7) is 0. The van der Waals surface area contributed by atoms with E-state index in [1.807, 2.05) is 0 Å². The summed E-state index contributed by atoms with van der Waals surface area (Å²) in [4.78, 5) is 24.5. The predicted octanol–water partition coefficient (Wildman–Crippen LogP) is 2.71. The number of hydrogen-bond acceptors (Lipinski definition) is 3. The number of nitrogens with one attached hydrogen (secondary N) is 1. The predicted molar refractivity (Wildman–Crippen MR) is 90.6 cm³/mol. The summed E-state index contributed by atoms with van der Waals surface area (Å²) in [5.74, 6) is -2.02. The molecule has 0 aliphatic heterocycles. The number of fused-ring (bicyclic) bond motifs is 1. The lowest BCUT2D eigenvalue weighted by atomic mass is 9.84. The first-order chi connectivity index (χ1) is 12.3. The highest BCUT2D eigenvalue weighted by molar-refractivity contribution is 5.88. The third-order valence-electron chi connectivity index (χ3n) is 4.89. The molecular weight excluding hydrogens is 347 g/mol. The Hall–Kier alpha value is -2.38. The molecule has 1 heterocycles. The van der Waals surface area contributed by atoms with Crippen molar-refractivity contribution in [2.45, 2.75) is 44.3 Å². The molecule has 0 radical (unpaired) electrons. The molecule has 2 aromatic rings. The smallest absolute Gasteiger partial charge is 0.352 e. The van der Waals surface area contributed by atoms with Gasteiger partial charge in [0.05, 0.1) is 23.4 Å². The van der Waals surface area contributed by atoms with Crippen molar-refractivity contribution in [3.05, 3.63) is 40.3 Å². The van der Waals surface area contributed by atoms with Crippen LogP contribution in [0.1, 0.15) is 31.4 Å². The number of carbonyl (C=O) groups excluding carboxylic acids is 1. The Morgan fingerprint density at radius 3 is 2.58 bits per heavy atom. The lowest BCUT2D eigenvalue weighted by molar-refractivity contribution is -0.189. The Kier molecular flexibility index (Phi) is 5.02. The summed E-state index contributed by atoms with van der Waals surface area (Å²) < 4.78 is 40.7. The summed E-state index contributed by atoms with van der Waals surface area (Å²) in [5.41, 5.74) is 0.0914. The van der Waals surface area contributed by atoms with Gasteiger partial charge in [-0.15, -0.1) is 0 Å². The largest absolute Gasteiger partial charge is 0.393 e. The van der Waals surface area contributed by atoms with Gasteiger partial charge in [0.25, 0.3) is 5.56 Å². The van der Waals surface area contributed by atoms with E-state index in [1.165, 1.54) is 7.05 Å². The van der Waals surface area contributed by atoms with Crippen LogP contribution in [0.15, 0.2) is 29.1 Å². The van der Waals surface area contributed by atoms with Crippen LogP contribution in [-0.4, -0.2) is 27.9 Å². The first-order valence-corrected chi connectivity index (χ1v) is 8.58. The maximum Gasteiger partial charge on any atom is 0.393 e. The molecule has 0 spiro atoms. The molecule has 2 atom stereocenters. The number of rotatable bonds is 3. The molecule has 1 aliphatic rings. The van der Waals surface area contributed by atoms with Gasteiger partial charge < -0.3 is 5.32 Å². The van der Waals surface area contributed by atoms with E-state index in [9.17, 15) is 22.8 Å². The van der Waals surface area contributed by atoms with Crippen LogP contribution in [0, 0.1) is 5.92 Å². The first-order valence-electron chi connectivity index (χ1n) is 8.58. The zero-order valence-corrected chi connectivity index (χ0v) is 14.3. The van der Waals surface area contributed by atoms with Crippen LogP contribution in [-0.2, 0) is 18.3 Å². The number of nitrogens with zero attached hydrogens (tertiary/aromatic N) is 2. The number of carbonyl (C=O) groups is 1. The van der Waals surface area contributed by atoms with Gasteiger partial charge >= 0.3 is 6.18 Å². The Balaban J connectivity index is 1.81. The van der Waals surface area contributed by atoms with Crippen molar-refractivity contribution < 1.29 is 18.0 Å². The second-order valence-electron chi connectivity index (χ2n) is 6.70. The van der Waals surface area contributed by atoms with Gasteiger partial charge in [0.15, 0.2) is 0 Å². The number of benzene rings is 1. The molecule has 1 fully saturated rings. The van der Waals surface area contributed by atoms with Crippen LogP contribution in [0.2, 0.25) is 0 Å². The molecule has 26 heavy (non-hydrogen) atoms. The molecule has 3 rings (SSSR count). The van der Waals surface area contributed by atoms with E-state index in [0.717, 1.165) is 4.68 Å². The molecular formula is C18H20F3N3O2. The Bertz CT molecular complexity index is 876. The quantitative estimate of drug-likeness (QED) is 0.907. The van der Waals surface area contributed by atoms with Crippen LogP contribution in [0.25, 0.3) is 10.8 Å². The van der Waals surface area contributed by atoms with E-state index in [1.54, 1.807) is 24.3 Å². The monoisotopic (exact) mass is 367 g/mol. The minimum atomic E-state index is -4.32. The van der Waals surface area contributed by atoms with Gasteiger partial charge in [-0.1, -0.05) is 31.0 Å². The molecule has 1 N–H and O–H groups in total. The van der Waals surface area contributed by atoms with E-state index in [-0.39, 0.29) is 18.4 Å². The molecule has 1 aromatic carbocycles. The van der Waals surface area contributed by atoms with E-state index < -0.39 is 24.0 Å². The summed E-state index contributed by atoms with van der Waals surface area (Å²) in [5, 5.41) is 7.63. The van der Waals surface area contributed by atoms with Gasteiger partial charge in [-0.2, -0.15) is 18.3 Å². The van der Waals surface area contributed by atoms with Gasteiger partial charge in [0, 0.05) is 18.5 Å². The molecule has 5 nitrogen and oxygen atoms in total. The fourth-order valence-electron chi connectivity index (χ4n) is 3.61. The Morgan fingerprint density at radius 1 is 1.23 bits per heavy atom. The number of aryl methyl sites for hydroxylation is 1. The van der Waals surface area contributed by atoms with E-state index in [4.69, 9.17) is 0 Å². The normalized spacial score (nSPS) is 20.9. The lowest BCUT2D eigenvalue weighted by Gasteiger charge is -2.33. The molecule has 1 aromatic heterocycles. The van der Waals surface area contributed by atoms with Gasteiger partial charge in [-0.25, -0.2) is 4.68 Å². The minimum Gasteiger partial charge on any atom is -0.352 e. The van der Waals surface area contributed by atoms with Crippen molar-refractivity contribution in [3.63, 3.8) is 0 Å². The Labute approximate surface area is 148 Å². The molecule has 1 saturated carbocycles. The number of amides is 1. The second kappa shape index (κ2) is 7.09. The van der Waals surface area contributed by atoms with Crippen molar-refractivity contribution in [2.75, 3.05) is 0 Å². The van der Waals surface area contributed by atoms with Crippen LogP contribution in [0.4, 0.5) is 13.2 Å². The van der Waals surface area contributed by atoms with Crippen molar-refractivity contribution >= 4 is 16.7 Å². The number of alkyl halides is 3. The number of halogens is 3. The van der Waals surface area contributed by atoms with Gasteiger partial charge in [-0.05, 0) is 18.9 Å². The van der Waals surface area contributed by atoms with E-state index in [0.29, 0.717) is 35.7 Å². The highest BCUT2D eigenvalue weighted by Gasteiger charge is 2.45. The third kappa shape index (κ3) is 3.73. The zero-order chi connectivity index (χ0) is 18.9. The van der Waals surface area contributed by atoms with Crippen LogP contribution in [0.3, 0.4) is 0 Å². The molecule has 8 heteroatoms. The minimum absolute atomic E-state index is 0.0372. The zero-order valence-electron chi connectivity index (χ0n) is 14.3. The number of hydrogen-bond donors (Lipinski definition) is 1. The van der Waals surface area contributed by atoms with E-state index >= 15 is 0 Å². The SMILES string of the molecule is Cn1nc(CC(=O)NC2CCCCC2C(F)(F)F)c2ccccc2c1=O. The summed E-state index contributed by atoms with van der Waals surface area (Å²) in [7, 11) is 1.48. The molecule has 0 saturated heterocycles. The highest BCUT2D eigenvalue weighted by Crippen LogP contribution is 2.37. The third-order valence-corrected chi connectivity index (χ3v) is 4.89. The fourth-order valence-corrected chi connectivity index (χ4v) is 3.61. The summed E-state index contributed by atoms with van der Waals surface area (Å²) in [6.07, 6.45) is -2.95. The van der Waals surface area contributed by atoms with Crippen molar-refractivity contribution in [2.24, 2.45) is 13.0 Å². The van der Waals surface area contributed by atoms with Crippen LogP contribution < -0.4 is 10.9 Å². The van der Waals surface area contributed by atoms with Crippen molar-refractivity contribution in [3.8, 4) is 0 Å². The summed E-state index contributed by atoms with van der Waals surface area (Å²) >= 11 is 0. The van der Waals surface area contributed by atoms with Crippen molar-refractivity contribution in [1.29, 1.82) is 0 Å². The molecule has 140 valence electrons. The van der Waals surface area contributed by atoms with Crippen molar-refractivity contribution in [1.82, 2.24) is 15.1 Å². The molecule has 1 aliphatic carbocycles. The average Bonchev–Trinajstić information content (AvgIpc) is 2.59. The Morgan fingerprint density at radius 2 is 1.88 bits per heavy atom. The van der Waals surface area contributed by atoms with Gasteiger partial charge in [0.2, 0.25) is 5.91 Å². The second-order valence-corrected chi connectivity index (χ2v) is 6.70. The average molecular weight is 367 g/mol.